The van der Waals surface area contributed by atoms with Crippen molar-refractivity contribution in [2.75, 3.05) is 5.32 Å². The van der Waals surface area contributed by atoms with Crippen molar-refractivity contribution in [1.82, 2.24) is 4.98 Å². The molecule has 0 bridgehead atoms. The van der Waals surface area contributed by atoms with Crippen molar-refractivity contribution in [3.8, 4) is 0 Å². The standard InChI is InChI=1S/C15H22N2O2/c1-10-6-4-3-5-7-13(10)17-14-9-8-12(15(18)19)11(2)16-14/h8-10,13H,3-7H2,1-2H3,(H,16,17)(H,18,19). The highest BCUT2D eigenvalue weighted by molar-refractivity contribution is 5.89. The number of aryl methyl sites for hydroxylation is 1. The summed E-state index contributed by atoms with van der Waals surface area (Å²) < 4.78 is 0. The number of aromatic nitrogens is 1. The number of carboxylic acid groups (broad SMARTS) is 1. The van der Waals surface area contributed by atoms with E-state index in [4.69, 9.17) is 5.11 Å². The van der Waals surface area contributed by atoms with Crippen molar-refractivity contribution in [2.45, 2.75) is 52.0 Å². The van der Waals surface area contributed by atoms with Crippen molar-refractivity contribution in [1.29, 1.82) is 0 Å². The van der Waals surface area contributed by atoms with Crippen molar-refractivity contribution >= 4 is 11.8 Å². The first-order chi connectivity index (χ1) is 9.08. The number of nitrogens with zero attached hydrogens (tertiary/aromatic N) is 1. The van der Waals surface area contributed by atoms with Crippen LogP contribution in [0.25, 0.3) is 0 Å². The number of hydrogen-bond donors (Lipinski definition) is 2. The third-order valence-corrected chi connectivity index (χ3v) is 4.01. The lowest BCUT2D eigenvalue weighted by Gasteiger charge is -2.23. The Morgan fingerprint density at radius 2 is 2.05 bits per heavy atom. The molecule has 1 aromatic heterocycles. The minimum atomic E-state index is -0.917. The van der Waals surface area contributed by atoms with Crippen LogP contribution in [0.5, 0.6) is 0 Å². The molecule has 0 saturated heterocycles. The van der Waals surface area contributed by atoms with E-state index < -0.39 is 5.97 Å². The molecule has 0 aromatic carbocycles. The van der Waals surface area contributed by atoms with E-state index in [9.17, 15) is 4.79 Å². The lowest BCUT2D eigenvalue weighted by Crippen LogP contribution is -2.26. The van der Waals surface area contributed by atoms with Crippen LogP contribution in [-0.2, 0) is 0 Å². The van der Waals surface area contributed by atoms with E-state index in [0.29, 0.717) is 17.7 Å². The van der Waals surface area contributed by atoms with Gasteiger partial charge in [-0.25, -0.2) is 9.78 Å². The maximum Gasteiger partial charge on any atom is 0.337 e. The topological polar surface area (TPSA) is 62.2 Å². The largest absolute Gasteiger partial charge is 0.478 e. The molecule has 1 heterocycles. The summed E-state index contributed by atoms with van der Waals surface area (Å²) in [5.41, 5.74) is 0.846. The highest BCUT2D eigenvalue weighted by atomic mass is 16.4. The molecule has 0 radical (unpaired) electrons. The molecule has 0 spiro atoms. The molecule has 2 rings (SSSR count). The molecule has 1 aliphatic carbocycles. The molecule has 1 saturated carbocycles. The first-order valence-corrected chi connectivity index (χ1v) is 7.05. The van der Waals surface area contributed by atoms with Gasteiger partial charge in [0.05, 0.1) is 11.3 Å². The summed E-state index contributed by atoms with van der Waals surface area (Å²) in [5, 5.41) is 12.5. The fourth-order valence-electron chi connectivity index (χ4n) is 2.76. The van der Waals surface area contributed by atoms with Gasteiger partial charge in [-0.1, -0.05) is 26.2 Å². The highest BCUT2D eigenvalue weighted by Gasteiger charge is 2.20. The van der Waals surface area contributed by atoms with E-state index >= 15 is 0 Å². The SMILES string of the molecule is Cc1nc(NC2CCCCCC2C)ccc1C(=O)O. The molecule has 2 atom stereocenters. The van der Waals surface area contributed by atoms with Gasteiger partial charge in [0.1, 0.15) is 5.82 Å². The summed E-state index contributed by atoms with van der Waals surface area (Å²) in [5.74, 6) is 0.518. The Hall–Kier alpha value is -1.58. The summed E-state index contributed by atoms with van der Waals surface area (Å²) in [7, 11) is 0. The molecule has 2 N–H and O–H groups in total. The second-order valence-corrected chi connectivity index (χ2v) is 5.50. The Bertz CT molecular complexity index is 459. The molecule has 4 heteroatoms. The van der Waals surface area contributed by atoms with Crippen LogP contribution in [0.15, 0.2) is 12.1 Å². The Balaban J connectivity index is 2.10. The minimum absolute atomic E-state index is 0.277. The summed E-state index contributed by atoms with van der Waals surface area (Å²) in [6.45, 7) is 4.02. The van der Waals surface area contributed by atoms with E-state index in [1.807, 2.05) is 0 Å². The molecule has 0 amide bonds. The summed E-state index contributed by atoms with van der Waals surface area (Å²) in [4.78, 5) is 15.3. The molecular formula is C15H22N2O2. The Morgan fingerprint density at radius 1 is 1.32 bits per heavy atom. The average Bonchev–Trinajstić information content (AvgIpc) is 2.55. The van der Waals surface area contributed by atoms with Crippen LogP contribution in [0.4, 0.5) is 5.82 Å². The average molecular weight is 262 g/mol. The van der Waals surface area contributed by atoms with Gasteiger partial charge in [-0.15, -0.1) is 0 Å². The second-order valence-electron chi connectivity index (χ2n) is 5.50. The van der Waals surface area contributed by atoms with Gasteiger partial charge in [-0.3, -0.25) is 0 Å². The lowest BCUT2D eigenvalue weighted by molar-refractivity contribution is 0.0695. The van der Waals surface area contributed by atoms with Gasteiger partial charge in [-0.05, 0) is 37.8 Å². The van der Waals surface area contributed by atoms with Crippen molar-refractivity contribution in [3.63, 3.8) is 0 Å². The van der Waals surface area contributed by atoms with Crippen LogP contribution >= 0.6 is 0 Å². The van der Waals surface area contributed by atoms with Crippen LogP contribution in [0.2, 0.25) is 0 Å². The Labute approximate surface area is 114 Å². The van der Waals surface area contributed by atoms with Crippen LogP contribution in [0, 0.1) is 12.8 Å². The van der Waals surface area contributed by atoms with Crippen molar-refractivity contribution in [3.05, 3.63) is 23.4 Å². The maximum atomic E-state index is 11.0. The molecular weight excluding hydrogens is 240 g/mol. The van der Waals surface area contributed by atoms with E-state index in [1.54, 1.807) is 19.1 Å². The van der Waals surface area contributed by atoms with E-state index in [1.165, 1.54) is 32.1 Å². The summed E-state index contributed by atoms with van der Waals surface area (Å²) in [6, 6.07) is 3.85. The number of hydrogen-bond acceptors (Lipinski definition) is 3. The predicted octanol–water partition coefficient (Wildman–Crippen LogP) is 3.47. The number of aromatic carboxylic acids is 1. The minimum Gasteiger partial charge on any atom is -0.478 e. The van der Waals surface area contributed by atoms with Crippen LogP contribution in [0.1, 0.15) is 55.1 Å². The first-order valence-electron chi connectivity index (χ1n) is 7.05. The molecule has 4 nitrogen and oxygen atoms in total. The molecule has 1 aliphatic rings. The molecule has 104 valence electrons. The van der Waals surface area contributed by atoms with Crippen molar-refractivity contribution < 1.29 is 9.90 Å². The third-order valence-electron chi connectivity index (χ3n) is 4.01. The third kappa shape index (κ3) is 3.46. The zero-order valence-corrected chi connectivity index (χ0v) is 11.6. The van der Waals surface area contributed by atoms with Crippen LogP contribution in [-0.4, -0.2) is 22.1 Å². The summed E-state index contributed by atoms with van der Waals surface area (Å²) >= 11 is 0. The normalized spacial score (nSPS) is 23.7. The smallest absolute Gasteiger partial charge is 0.337 e. The number of rotatable bonds is 3. The molecule has 0 aliphatic heterocycles. The highest BCUT2D eigenvalue weighted by Crippen LogP contribution is 2.25. The number of carbonyl (C=O) groups is 1. The zero-order chi connectivity index (χ0) is 13.8. The maximum absolute atomic E-state index is 11.0. The van der Waals surface area contributed by atoms with Gasteiger partial charge in [0, 0.05) is 6.04 Å². The van der Waals surface area contributed by atoms with Crippen LogP contribution < -0.4 is 5.32 Å². The van der Waals surface area contributed by atoms with E-state index in [2.05, 4.69) is 17.2 Å². The van der Waals surface area contributed by atoms with Gasteiger partial charge in [0.2, 0.25) is 0 Å². The molecule has 1 aromatic rings. The van der Waals surface area contributed by atoms with Gasteiger partial charge >= 0.3 is 5.97 Å². The number of carboxylic acids is 1. The summed E-state index contributed by atoms with van der Waals surface area (Å²) in [6.07, 6.45) is 6.30. The zero-order valence-electron chi connectivity index (χ0n) is 11.6. The fraction of sp³-hybridized carbons (Fsp3) is 0.600. The van der Waals surface area contributed by atoms with Gasteiger partial charge in [0.15, 0.2) is 0 Å². The number of nitrogens with one attached hydrogen (secondary N) is 1. The predicted molar refractivity (Wildman–Crippen MR) is 75.6 cm³/mol. The molecule has 2 unspecified atom stereocenters. The lowest BCUT2D eigenvalue weighted by atomic mass is 9.97. The van der Waals surface area contributed by atoms with E-state index in [0.717, 1.165) is 5.82 Å². The molecule has 19 heavy (non-hydrogen) atoms. The quantitative estimate of drug-likeness (QED) is 0.819. The number of anilines is 1. The Kier molecular flexibility index (Phi) is 4.40. The Morgan fingerprint density at radius 3 is 2.74 bits per heavy atom. The van der Waals surface area contributed by atoms with Gasteiger partial charge < -0.3 is 10.4 Å². The van der Waals surface area contributed by atoms with Gasteiger partial charge in [0.25, 0.3) is 0 Å². The first kappa shape index (κ1) is 13.8. The second kappa shape index (κ2) is 6.04. The fourth-order valence-corrected chi connectivity index (χ4v) is 2.76. The van der Waals surface area contributed by atoms with E-state index in [-0.39, 0.29) is 5.56 Å². The molecule has 1 fully saturated rings. The van der Waals surface area contributed by atoms with Gasteiger partial charge in [-0.2, -0.15) is 0 Å². The van der Waals surface area contributed by atoms with Crippen molar-refractivity contribution in [2.24, 2.45) is 5.92 Å². The monoisotopic (exact) mass is 262 g/mol. The van der Waals surface area contributed by atoms with Crippen LogP contribution in [0.3, 0.4) is 0 Å². The number of pyridine rings is 1.